The summed E-state index contributed by atoms with van der Waals surface area (Å²) in [7, 11) is 0. The van der Waals surface area contributed by atoms with Crippen LogP contribution in [0.25, 0.3) is 0 Å². The molecule has 21 heavy (non-hydrogen) atoms. The van der Waals surface area contributed by atoms with Crippen LogP contribution in [0.2, 0.25) is 0 Å². The lowest BCUT2D eigenvalue weighted by atomic mass is 9.92. The van der Waals surface area contributed by atoms with Crippen LogP contribution in [-0.4, -0.2) is 23.9 Å². The van der Waals surface area contributed by atoms with Crippen molar-refractivity contribution in [2.45, 2.75) is 39.8 Å². The van der Waals surface area contributed by atoms with Gasteiger partial charge < -0.3 is 5.32 Å². The fourth-order valence-electron chi connectivity index (χ4n) is 2.67. The number of amides is 2. The van der Waals surface area contributed by atoms with Gasteiger partial charge in [0.25, 0.3) is 5.91 Å². The molecule has 4 nitrogen and oxygen atoms in total. The average Bonchev–Trinajstić information content (AvgIpc) is 2.40. The van der Waals surface area contributed by atoms with Crippen molar-refractivity contribution in [2.24, 2.45) is 11.8 Å². The molecular formula is C16H21BrN2O2. The highest BCUT2D eigenvalue weighted by molar-refractivity contribution is 9.10. The van der Waals surface area contributed by atoms with E-state index in [0.717, 1.165) is 10.2 Å². The van der Waals surface area contributed by atoms with Crippen LogP contribution in [0.3, 0.4) is 0 Å². The number of nitrogens with zero attached hydrogens (tertiary/aromatic N) is 1. The first kappa shape index (κ1) is 16.0. The summed E-state index contributed by atoms with van der Waals surface area (Å²) in [4.78, 5) is 27.0. The smallest absolute Gasteiger partial charge is 0.250 e. The molecule has 2 rings (SSSR count). The summed E-state index contributed by atoms with van der Waals surface area (Å²) < 4.78 is 0.821. The molecular weight excluding hydrogens is 332 g/mol. The van der Waals surface area contributed by atoms with E-state index in [1.807, 2.05) is 52.0 Å². The van der Waals surface area contributed by atoms with Crippen LogP contribution in [0, 0.1) is 11.8 Å². The number of piperazine rings is 1. The largest absolute Gasteiger partial charge is 0.342 e. The number of hydrogen-bond donors (Lipinski definition) is 1. The van der Waals surface area contributed by atoms with Crippen LogP contribution < -0.4 is 10.2 Å². The molecule has 5 heteroatoms. The van der Waals surface area contributed by atoms with Gasteiger partial charge in [0.1, 0.15) is 12.1 Å². The number of anilines is 1. The monoisotopic (exact) mass is 352 g/mol. The first-order valence-corrected chi connectivity index (χ1v) is 8.02. The zero-order valence-electron chi connectivity index (χ0n) is 12.8. The highest BCUT2D eigenvalue weighted by Crippen LogP contribution is 2.32. The number of para-hydroxylation sites is 1. The molecule has 0 spiro atoms. The van der Waals surface area contributed by atoms with Crippen LogP contribution in [0.4, 0.5) is 5.69 Å². The molecule has 1 fully saturated rings. The van der Waals surface area contributed by atoms with E-state index in [9.17, 15) is 9.59 Å². The summed E-state index contributed by atoms with van der Waals surface area (Å²) in [6.45, 7) is 7.79. The maximum atomic E-state index is 12.9. The molecule has 2 amide bonds. The van der Waals surface area contributed by atoms with E-state index in [2.05, 4.69) is 21.2 Å². The van der Waals surface area contributed by atoms with E-state index in [1.54, 1.807) is 4.90 Å². The summed E-state index contributed by atoms with van der Waals surface area (Å²) in [5, 5.41) is 2.87. The van der Waals surface area contributed by atoms with Gasteiger partial charge in [0.05, 0.1) is 5.69 Å². The minimum absolute atomic E-state index is 0.0363. The molecule has 0 bridgehead atoms. The molecule has 1 aromatic rings. The zero-order valence-corrected chi connectivity index (χ0v) is 14.3. The third kappa shape index (κ3) is 2.98. The van der Waals surface area contributed by atoms with Crippen LogP contribution in [0.15, 0.2) is 28.7 Å². The van der Waals surface area contributed by atoms with Gasteiger partial charge in [-0.15, -0.1) is 0 Å². The Labute approximate surface area is 134 Å². The molecule has 0 aromatic heterocycles. The molecule has 1 aromatic carbocycles. The van der Waals surface area contributed by atoms with E-state index >= 15 is 0 Å². The number of benzene rings is 1. The number of hydrogen-bond acceptors (Lipinski definition) is 2. The molecule has 1 heterocycles. The molecule has 2 atom stereocenters. The van der Waals surface area contributed by atoms with Crippen molar-refractivity contribution in [3.05, 3.63) is 28.7 Å². The van der Waals surface area contributed by atoms with Crippen LogP contribution in [-0.2, 0) is 9.59 Å². The van der Waals surface area contributed by atoms with Crippen molar-refractivity contribution in [3.8, 4) is 0 Å². The lowest BCUT2D eigenvalue weighted by Crippen LogP contribution is -2.66. The van der Waals surface area contributed by atoms with E-state index in [1.165, 1.54) is 0 Å². The van der Waals surface area contributed by atoms with Crippen LogP contribution in [0.1, 0.15) is 27.7 Å². The van der Waals surface area contributed by atoms with Crippen molar-refractivity contribution in [2.75, 3.05) is 4.90 Å². The van der Waals surface area contributed by atoms with Crippen molar-refractivity contribution < 1.29 is 9.59 Å². The number of carbonyl (C=O) groups excluding carboxylic acids is 2. The maximum Gasteiger partial charge on any atom is 0.250 e. The second-order valence-corrected chi connectivity index (χ2v) is 6.93. The number of carbonyl (C=O) groups is 2. The molecule has 1 aliphatic rings. The van der Waals surface area contributed by atoms with E-state index < -0.39 is 12.1 Å². The first-order valence-electron chi connectivity index (χ1n) is 7.22. The summed E-state index contributed by atoms with van der Waals surface area (Å²) >= 11 is 3.49. The van der Waals surface area contributed by atoms with Crippen molar-refractivity contribution in [1.29, 1.82) is 0 Å². The van der Waals surface area contributed by atoms with Gasteiger partial charge in [-0.05, 0) is 39.9 Å². The molecule has 0 aliphatic carbocycles. The Morgan fingerprint density at radius 1 is 1.10 bits per heavy atom. The maximum absolute atomic E-state index is 12.9. The molecule has 1 saturated heterocycles. The Morgan fingerprint density at radius 2 is 1.71 bits per heavy atom. The molecule has 114 valence electrons. The summed E-state index contributed by atoms with van der Waals surface area (Å²) in [5.41, 5.74) is 0.752. The fourth-order valence-corrected chi connectivity index (χ4v) is 3.15. The molecule has 1 aliphatic heterocycles. The fraction of sp³-hybridized carbons (Fsp3) is 0.500. The highest BCUT2D eigenvalue weighted by atomic mass is 79.9. The van der Waals surface area contributed by atoms with Gasteiger partial charge in [0.15, 0.2) is 0 Å². The van der Waals surface area contributed by atoms with E-state index in [0.29, 0.717) is 0 Å². The SMILES string of the molecule is CC(C)C1NC(=O)C(C(C)C)N(c2ccccc2Br)C1=O. The van der Waals surface area contributed by atoms with Crippen LogP contribution >= 0.6 is 15.9 Å². The van der Waals surface area contributed by atoms with Gasteiger partial charge in [-0.2, -0.15) is 0 Å². The van der Waals surface area contributed by atoms with Crippen molar-refractivity contribution in [1.82, 2.24) is 5.32 Å². The van der Waals surface area contributed by atoms with Gasteiger partial charge in [0, 0.05) is 4.47 Å². The predicted molar refractivity (Wildman–Crippen MR) is 87.0 cm³/mol. The van der Waals surface area contributed by atoms with Crippen molar-refractivity contribution >= 4 is 33.4 Å². The third-order valence-corrected chi connectivity index (χ3v) is 4.43. The lowest BCUT2D eigenvalue weighted by molar-refractivity contribution is -0.135. The summed E-state index contributed by atoms with van der Waals surface area (Å²) in [6, 6.07) is 6.57. The quantitative estimate of drug-likeness (QED) is 0.908. The molecule has 1 N–H and O–H groups in total. The van der Waals surface area contributed by atoms with Gasteiger partial charge in [0.2, 0.25) is 5.91 Å². The second kappa shape index (κ2) is 6.18. The number of nitrogens with one attached hydrogen (secondary N) is 1. The Balaban J connectivity index is 2.52. The minimum Gasteiger partial charge on any atom is -0.342 e. The van der Waals surface area contributed by atoms with Gasteiger partial charge in [-0.3, -0.25) is 14.5 Å². The second-order valence-electron chi connectivity index (χ2n) is 6.08. The summed E-state index contributed by atoms with van der Waals surface area (Å²) in [5.74, 6) is -0.0389. The van der Waals surface area contributed by atoms with Gasteiger partial charge in [-0.1, -0.05) is 39.8 Å². The minimum atomic E-state index is -0.480. The Hall–Kier alpha value is -1.36. The first-order chi connectivity index (χ1) is 9.84. The molecule has 2 unspecified atom stereocenters. The Bertz CT molecular complexity index is 557. The van der Waals surface area contributed by atoms with E-state index in [-0.39, 0.29) is 23.7 Å². The molecule has 0 saturated carbocycles. The molecule has 0 radical (unpaired) electrons. The Kier molecular flexibility index (Phi) is 4.71. The normalized spacial score (nSPS) is 22.9. The topological polar surface area (TPSA) is 49.4 Å². The lowest BCUT2D eigenvalue weighted by Gasteiger charge is -2.42. The average molecular weight is 353 g/mol. The number of rotatable bonds is 3. The zero-order chi connectivity index (χ0) is 15.7. The highest BCUT2D eigenvalue weighted by Gasteiger charge is 2.44. The predicted octanol–water partition coefficient (Wildman–Crippen LogP) is 2.96. The van der Waals surface area contributed by atoms with Crippen LogP contribution in [0.5, 0.6) is 0 Å². The summed E-state index contributed by atoms with van der Waals surface area (Å²) in [6.07, 6.45) is 0. The van der Waals surface area contributed by atoms with E-state index in [4.69, 9.17) is 0 Å². The standard InChI is InChI=1S/C16H21BrN2O2/c1-9(2)13-16(21)19(12-8-6-5-7-11(12)17)14(10(3)4)15(20)18-13/h5-10,13-14H,1-4H3,(H,18,20). The van der Waals surface area contributed by atoms with Gasteiger partial charge in [-0.25, -0.2) is 0 Å². The van der Waals surface area contributed by atoms with Gasteiger partial charge >= 0.3 is 0 Å². The van der Waals surface area contributed by atoms with Crippen molar-refractivity contribution in [3.63, 3.8) is 0 Å². The Morgan fingerprint density at radius 3 is 2.24 bits per heavy atom. The number of halogens is 1. The third-order valence-electron chi connectivity index (χ3n) is 3.76.